The second kappa shape index (κ2) is 9.50. The highest BCUT2D eigenvalue weighted by atomic mass is 16.7. The number of carbonyl (C=O) groups is 4. The van der Waals surface area contributed by atoms with Crippen molar-refractivity contribution in [3.63, 3.8) is 0 Å². The van der Waals surface area contributed by atoms with Gasteiger partial charge in [0.2, 0.25) is 0 Å². The summed E-state index contributed by atoms with van der Waals surface area (Å²) in [6, 6.07) is 0. The fourth-order valence-electron chi connectivity index (χ4n) is 1.09. The number of hydrogen-bond donors (Lipinski definition) is 0. The fourth-order valence-corrected chi connectivity index (χ4v) is 1.09. The number of rotatable bonds is 8. The molecule has 0 atom stereocenters. The maximum atomic E-state index is 11.3. The molecule has 0 rings (SSSR count). The van der Waals surface area contributed by atoms with Crippen molar-refractivity contribution in [1.82, 2.24) is 5.06 Å². The number of unbranched alkanes of at least 4 members (excludes halogenated alkanes) is 2. The molecule has 0 saturated heterocycles. The Hall–Kier alpha value is -1.72. The van der Waals surface area contributed by atoms with Gasteiger partial charge in [0.05, 0.1) is 0 Å². The summed E-state index contributed by atoms with van der Waals surface area (Å²) in [5, 5.41) is 0.839. The molecule has 0 aromatic rings. The van der Waals surface area contributed by atoms with Gasteiger partial charge in [0, 0.05) is 32.7 Å². The standard InChI is InChI=1S/C11H17NO5/c1-12(10(15)6-5-9-14)17-11(16)7-3-2-4-8-13/h8-9H,2-7H2,1H3. The molecule has 0 spiro atoms. The van der Waals surface area contributed by atoms with Gasteiger partial charge in [-0.25, -0.2) is 4.79 Å². The SMILES string of the molecule is CN(OC(=O)CCCCC=O)C(=O)CCC=O. The zero-order valence-corrected chi connectivity index (χ0v) is 9.89. The molecule has 0 aliphatic carbocycles. The number of hydrogen-bond acceptors (Lipinski definition) is 5. The molecule has 6 heteroatoms. The van der Waals surface area contributed by atoms with Crippen molar-refractivity contribution < 1.29 is 24.0 Å². The lowest BCUT2D eigenvalue weighted by molar-refractivity contribution is -0.192. The van der Waals surface area contributed by atoms with E-state index in [9.17, 15) is 19.2 Å². The molecule has 0 N–H and O–H groups in total. The predicted molar refractivity (Wildman–Crippen MR) is 58.7 cm³/mol. The molecule has 17 heavy (non-hydrogen) atoms. The summed E-state index contributed by atoms with van der Waals surface area (Å²) in [6.45, 7) is 0. The van der Waals surface area contributed by atoms with Crippen LogP contribution in [-0.2, 0) is 24.0 Å². The topological polar surface area (TPSA) is 80.8 Å². The van der Waals surface area contributed by atoms with Crippen LogP contribution in [0.1, 0.15) is 38.5 Å². The molecule has 0 saturated carbocycles. The third-order valence-electron chi connectivity index (χ3n) is 2.02. The van der Waals surface area contributed by atoms with E-state index >= 15 is 0 Å². The lowest BCUT2D eigenvalue weighted by Gasteiger charge is -2.15. The summed E-state index contributed by atoms with van der Waals surface area (Å²) < 4.78 is 0. The van der Waals surface area contributed by atoms with Crippen molar-refractivity contribution in [3.05, 3.63) is 0 Å². The van der Waals surface area contributed by atoms with Crippen molar-refractivity contribution >= 4 is 24.4 Å². The largest absolute Gasteiger partial charge is 0.338 e. The molecule has 0 heterocycles. The van der Waals surface area contributed by atoms with Gasteiger partial charge in [-0.3, -0.25) is 4.79 Å². The van der Waals surface area contributed by atoms with E-state index in [1.807, 2.05) is 0 Å². The third kappa shape index (κ3) is 8.12. The number of nitrogens with zero attached hydrogens (tertiary/aromatic N) is 1. The zero-order chi connectivity index (χ0) is 13.1. The van der Waals surface area contributed by atoms with Crippen molar-refractivity contribution in [3.8, 4) is 0 Å². The molecule has 1 amide bonds. The van der Waals surface area contributed by atoms with Gasteiger partial charge in [-0.15, -0.1) is 0 Å². The predicted octanol–water partition coefficient (Wildman–Crippen LogP) is 0.641. The first-order valence-corrected chi connectivity index (χ1v) is 5.46. The monoisotopic (exact) mass is 243 g/mol. The van der Waals surface area contributed by atoms with Crippen LogP contribution < -0.4 is 0 Å². The molecular weight excluding hydrogens is 226 g/mol. The van der Waals surface area contributed by atoms with E-state index in [2.05, 4.69) is 0 Å². The molecule has 0 aromatic carbocycles. The molecular formula is C11H17NO5. The first kappa shape index (κ1) is 15.3. The number of amides is 1. The quantitative estimate of drug-likeness (QED) is 0.355. The molecule has 0 aromatic heterocycles. The fraction of sp³-hybridized carbons (Fsp3) is 0.636. The molecule has 0 bridgehead atoms. The Bertz CT molecular complexity index is 277. The summed E-state index contributed by atoms with van der Waals surface area (Å²) in [4.78, 5) is 47.3. The summed E-state index contributed by atoms with van der Waals surface area (Å²) in [5.74, 6) is -0.934. The van der Waals surface area contributed by atoms with E-state index in [1.54, 1.807) is 0 Å². The van der Waals surface area contributed by atoms with Gasteiger partial charge in [-0.2, -0.15) is 5.06 Å². The maximum Gasteiger partial charge on any atom is 0.332 e. The first-order chi connectivity index (χ1) is 8.11. The van der Waals surface area contributed by atoms with Gasteiger partial charge in [0.25, 0.3) is 5.91 Å². The van der Waals surface area contributed by atoms with E-state index in [1.165, 1.54) is 7.05 Å². The van der Waals surface area contributed by atoms with Gasteiger partial charge in [0.15, 0.2) is 0 Å². The van der Waals surface area contributed by atoms with Gasteiger partial charge < -0.3 is 14.4 Å². The second-order valence-electron chi connectivity index (χ2n) is 3.47. The minimum Gasteiger partial charge on any atom is -0.338 e. The molecule has 6 nitrogen and oxygen atoms in total. The Morgan fingerprint density at radius 3 is 2.29 bits per heavy atom. The van der Waals surface area contributed by atoms with Gasteiger partial charge >= 0.3 is 5.97 Å². The van der Waals surface area contributed by atoms with Crippen LogP contribution in [0.3, 0.4) is 0 Å². The van der Waals surface area contributed by atoms with E-state index in [4.69, 9.17) is 4.84 Å². The Balaban J connectivity index is 3.74. The normalized spacial score (nSPS) is 9.47. The van der Waals surface area contributed by atoms with Crippen LogP contribution in [0, 0.1) is 0 Å². The average Bonchev–Trinajstić information content (AvgIpc) is 2.31. The minimum absolute atomic E-state index is 0.0262. The summed E-state index contributed by atoms with van der Waals surface area (Å²) in [7, 11) is 1.33. The van der Waals surface area contributed by atoms with E-state index in [0.717, 1.165) is 11.3 Å². The van der Waals surface area contributed by atoms with E-state index in [0.29, 0.717) is 25.5 Å². The van der Waals surface area contributed by atoms with Crippen molar-refractivity contribution in [1.29, 1.82) is 0 Å². The van der Waals surface area contributed by atoms with E-state index < -0.39 is 11.9 Å². The number of carbonyl (C=O) groups excluding carboxylic acids is 4. The van der Waals surface area contributed by atoms with Crippen LogP contribution in [0.2, 0.25) is 0 Å². The molecule has 0 fully saturated rings. The molecule has 0 radical (unpaired) electrons. The van der Waals surface area contributed by atoms with Gasteiger partial charge in [-0.05, 0) is 12.8 Å². The molecule has 0 unspecified atom stereocenters. The molecule has 0 aliphatic heterocycles. The number of aldehydes is 2. The van der Waals surface area contributed by atoms with Crippen LogP contribution in [0.4, 0.5) is 0 Å². The van der Waals surface area contributed by atoms with Crippen molar-refractivity contribution in [2.45, 2.75) is 38.5 Å². The third-order valence-corrected chi connectivity index (χ3v) is 2.02. The average molecular weight is 243 g/mol. The lowest BCUT2D eigenvalue weighted by atomic mass is 10.2. The lowest BCUT2D eigenvalue weighted by Crippen LogP contribution is -2.29. The Labute approximate surface area is 99.9 Å². The summed E-state index contributed by atoms with van der Waals surface area (Å²) in [5.41, 5.74) is 0. The molecule has 0 aliphatic rings. The smallest absolute Gasteiger partial charge is 0.332 e. The number of hydroxylamine groups is 2. The van der Waals surface area contributed by atoms with Crippen LogP contribution >= 0.6 is 0 Å². The van der Waals surface area contributed by atoms with Crippen LogP contribution in [0.15, 0.2) is 0 Å². The Morgan fingerprint density at radius 2 is 1.71 bits per heavy atom. The van der Waals surface area contributed by atoms with Crippen LogP contribution in [0.5, 0.6) is 0 Å². The highest BCUT2D eigenvalue weighted by molar-refractivity contribution is 5.79. The van der Waals surface area contributed by atoms with Gasteiger partial charge in [-0.1, -0.05) is 0 Å². The Morgan fingerprint density at radius 1 is 1.06 bits per heavy atom. The molecule has 96 valence electrons. The zero-order valence-electron chi connectivity index (χ0n) is 9.89. The summed E-state index contributed by atoms with van der Waals surface area (Å²) in [6.07, 6.45) is 3.32. The second-order valence-corrected chi connectivity index (χ2v) is 3.47. The maximum absolute atomic E-state index is 11.3. The highest BCUT2D eigenvalue weighted by Crippen LogP contribution is 2.02. The minimum atomic E-state index is -0.516. The first-order valence-electron chi connectivity index (χ1n) is 5.46. The van der Waals surface area contributed by atoms with E-state index in [-0.39, 0.29) is 19.3 Å². The Kier molecular flexibility index (Phi) is 8.54. The van der Waals surface area contributed by atoms with Crippen molar-refractivity contribution in [2.75, 3.05) is 7.05 Å². The highest BCUT2D eigenvalue weighted by Gasteiger charge is 2.13. The van der Waals surface area contributed by atoms with Crippen LogP contribution in [-0.4, -0.2) is 36.6 Å². The van der Waals surface area contributed by atoms with Gasteiger partial charge in [0.1, 0.15) is 12.6 Å². The van der Waals surface area contributed by atoms with Crippen molar-refractivity contribution in [2.24, 2.45) is 0 Å². The van der Waals surface area contributed by atoms with Crippen LogP contribution in [0.25, 0.3) is 0 Å². The summed E-state index contributed by atoms with van der Waals surface area (Å²) >= 11 is 0.